The molecule has 3 nitrogen and oxygen atoms in total. The van der Waals surface area contributed by atoms with Gasteiger partial charge in [-0.1, -0.05) is 13.0 Å². The number of pyridine rings is 1. The average molecular weight is 245 g/mol. The highest BCUT2D eigenvalue weighted by atomic mass is 19.4. The second-order valence-corrected chi connectivity index (χ2v) is 3.61. The summed E-state index contributed by atoms with van der Waals surface area (Å²) in [6.07, 6.45) is -2.52. The largest absolute Gasteiger partial charge is 0.433 e. The van der Waals surface area contributed by atoms with Gasteiger partial charge in [-0.25, -0.2) is 0 Å². The number of nitrogens with zero attached hydrogens (tertiary/aromatic N) is 1. The van der Waals surface area contributed by atoms with E-state index in [1.165, 1.54) is 6.07 Å². The van der Waals surface area contributed by atoms with Crippen LogP contribution in [0.2, 0.25) is 0 Å². The van der Waals surface area contributed by atoms with Crippen molar-refractivity contribution in [2.45, 2.75) is 19.0 Å². The molecule has 0 bridgehead atoms. The number of rotatable bonds is 4. The molecule has 0 N–H and O–H groups in total. The van der Waals surface area contributed by atoms with Gasteiger partial charge < -0.3 is 9.59 Å². The van der Waals surface area contributed by atoms with Crippen molar-refractivity contribution in [2.75, 3.05) is 0 Å². The number of aldehydes is 2. The second kappa shape index (κ2) is 5.07. The Morgan fingerprint density at radius 2 is 1.82 bits per heavy atom. The maximum atomic E-state index is 12.2. The smallest absolute Gasteiger partial charge is 0.303 e. The maximum Gasteiger partial charge on any atom is 0.433 e. The summed E-state index contributed by atoms with van der Waals surface area (Å²) in [6, 6.07) is 2.05. The van der Waals surface area contributed by atoms with Crippen LogP contribution in [0.15, 0.2) is 18.3 Å². The molecule has 1 unspecified atom stereocenters. The third kappa shape index (κ3) is 3.12. The predicted octanol–water partition coefficient (Wildman–Crippen LogP) is 2.22. The zero-order chi connectivity index (χ0) is 13.1. The molecule has 17 heavy (non-hydrogen) atoms. The van der Waals surface area contributed by atoms with Gasteiger partial charge in [0.05, 0.1) is 5.92 Å². The van der Waals surface area contributed by atoms with Crippen molar-refractivity contribution in [3.05, 3.63) is 29.6 Å². The van der Waals surface area contributed by atoms with Crippen molar-refractivity contribution in [3.63, 3.8) is 0 Å². The summed E-state index contributed by atoms with van der Waals surface area (Å²) in [5, 5.41) is 0. The standard InChI is InChI=1S/C11H10F3NO2/c1-7(9(5-16)6-17)8-2-3-10(15-4-8)11(12,13)14/h2-7,9H,1H3. The Kier molecular flexibility index (Phi) is 3.98. The zero-order valence-electron chi connectivity index (χ0n) is 8.94. The molecule has 1 aromatic heterocycles. The average Bonchev–Trinajstić information content (AvgIpc) is 2.29. The molecule has 0 aliphatic rings. The van der Waals surface area contributed by atoms with Crippen molar-refractivity contribution in [2.24, 2.45) is 5.92 Å². The molecule has 6 heteroatoms. The highest BCUT2D eigenvalue weighted by molar-refractivity contribution is 5.78. The molecular formula is C11H10F3NO2. The Bertz CT molecular complexity index is 392. The number of carbonyl (C=O) groups is 2. The van der Waals surface area contributed by atoms with E-state index in [1.54, 1.807) is 6.92 Å². The lowest BCUT2D eigenvalue weighted by Gasteiger charge is -2.14. The summed E-state index contributed by atoms with van der Waals surface area (Å²) in [5.41, 5.74) is -0.579. The fraction of sp³-hybridized carbons (Fsp3) is 0.364. The SMILES string of the molecule is CC(c1ccc(C(F)(F)F)nc1)C(C=O)C=O. The van der Waals surface area contributed by atoms with E-state index in [0.29, 0.717) is 18.1 Å². The summed E-state index contributed by atoms with van der Waals surface area (Å²) in [6.45, 7) is 1.58. The fourth-order valence-electron chi connectivity index (χ4n) is 1.33. The molecule has 1 rings (SSSR count). The molecule has 0 saturated carbocycles. The number of aromatic nitrogens is 1. The minimum absolute atomic E-state index is 0.419. The van der Waals surface area contributed by atoms with Crippen LogP contribution in [0.25, 0.3) is 0 Å². The van der Waals surface area contributed by atoms with Crippen molar-refractivity contribution >= 4 is 12.6 Å². The number of hydrogen-bond donors (Lipinski definition) is 0. The van der Waals surface area contributed by atoms with Gasteiger partial charge in [-0.2, -0.15) is 13.2 Å². The van der Waals surface area contributed by atoms with E-state index in [0.717, 1.165) is 12.3 Å². The normalized spacial score (nSPS) is 13.5. The highest BCUT2D eigenvalue weighted by Crippen LogP contribution is 2.29. The Morgan fingerprint density at radius 1 is 1.24 bits per heavy atom. The van der Waals surface area contributed by atoms with E-state index < -0.39 is 23.7 Å². The summed E-state index contributed by atoms with van der Waals surface area (Å²) >= 11 is 0. The third-order valence-corrected chi connectivity index (χ3v) is 2.49. The topological polar surface area (TPSA) is 47.0 Å². The zero-order valence-corrected chi connectivity index (χ0v) is 8.94. The highest BCUT2D eigenvalue weighted by Gasteiger charge is 2.32. The summed E-state index contributed by atoms with van der Waals surface area (Å²) in [4.78, 5) is 24.4. The molecule has 1 atom stereocenters. The van der Waals surface area contributed by atoms with Crippen LogP contribution in [-0.2, 0) is 15.8 Å². The molecule has 0 radical (unpaired) electrons. The van der Waals surface area contributed by atoms with Gasteiger partial charge in [0.15, 0.2) is 0 Å². The molecule has 1 heterocycles. The monoisotopic (exact) mass is 245 g/mol. The van der Waals surface area contributed by atoms with Gasteiger partial charge >= 0.3 is 6.18 Å². The molecule has 0 fully saturated rings. The Labute approximate surface area is 95.7 Å². The summed E-state index contributed by atoms with van der Waals surface area (Å²) < 4.78 is 36.7. The van der Waals surface area contributed by atoms with Crippen molar-refractivity contribution in [1.29, 1.82) is 0 Å². The van der Waals surface area contributed by atoms with Crippen molar-refractivity contribution in [3.8, 4) is 0 Å². The number of halogens is 3. The second-order valence-electron chi connectivity index (χ2n) is 3.61. The molecule has 0 spiro atoms. The number of alkyl halides is 3. The number of carbonyl (C=O) groups excluding carboxylic acids is 2. The number of hydrogen-bond acceptors (Lipinski definition) is 3. The molecule has 92 valence electrons. The fourth-order valence-corrected chi connectivity index (χ4v) is 1.33. The minimum atomic E-state index is -4.49. The van der Waals surface area contributed by atoms with Gasteiger partial charge in [-0.3, -0.25) is 4.98 Å². The van der Waals surface area contributed by atoms with E-state index in [9.17, 15) is 22.8 Å². The van der Waals surface area contributed by atoms with Crippen LogP contribution in [0.3, 0.4) is 0 Å². The summed E-state index contributed by atoms with van der Waals surface area (Å²) in [7, 11) is 0. The molecular weight excluding hydrogens is 235 g/mol. The van der Waals surface area contributed by atoms with Gasteiger partial charge in [0, 0.05) is 6.20 Å². The quantitative estimate of drug-likeness (QED) is 0.603. The van der Waals surface area contributed by atoms with Crippen LogP contribution < -0.4 is 0 Å². The lowest BCUT2D eigenvalue weighted by molar-refractivity contribution is -0.141. The molecule has 0 aliphatic carbocycles. The van der Waals surface area contributed by atoms with Crippen LogP contribution in [0.4, 0.5) is 13.2 Å². The minimum Gasteiger partial charge on any atom is -0.303 e. The molecule has 0 amide bonds. The van der Waals surface area contributed by atoms with Gasteiger partial charge in [0.25, 0.3) is 0 Å². The first-order chi connectivity index (χ1) is 7.90. The Hall–Kier alpha value is -1.72. The maximum absolute atomic E-state index is 12.2. The first-order valence-corrected chi connectivity index (χ1v) is 4.84. The van der Waals surface area contributed by atoms with Gasteiger partial charge in [0.1, 0.15) is 18.3 Å². The molecule has 1 aromatic rings. The van der Waals surface area contributed by atoms with Gasteiger partial charge in [-0.15, -0.1) is 0 Å². The van der Waals surface area contributed by atoms with E-state index in [2.05, 4.69) is 4.98 Å². The lowest BCUT2D eigenvalue weighted by Crippen LogP contribution is -2.14. The summed E-state index contributed by atoms with van der Waals surface area (Å²) in [5.74, 6) is -1.35. The molecule has 0 aliphatic heterocycles. The van der Waals surface area contributed by atoms with Crippen molar-refractivity contribution in [1.82, 2.24) is 4.98 Å². The Balaban J connectivity index is 2.95. The van der Waals surface area contributed by atoms with Crippen molar-refractivity contribution < 1.29 is 22.8 Å². The van der Waals surface area contributed by atoms with Crippen LogP contribution in [0.5, 0.6) is 0 Å². The first-order valence-electron chi connectivity index (χ1n) is 4.84. The van der Waals surface area contributed by atoms with Gasteiger partial charge in [0.2, 0.25) is 0 Å². The third-order valence-electron chi connectivity index (χ3n) is 2.49. The molecule has 0 aromatic carbocycles. The van der Waals surface area contributed by atoms with E-state index >= 15 is 0 Å². The van der Waals surface area contributed by atoms with E-state index in [1.807, 2.05) is 0 Å². The van der Waals surface area contributed by atoms with Crippen LogP contribution >= 0.6 is 0 Å². The Morgan fingerprint density at radius 3 is 2.18 bits per heavy atom. The lowest BCUT2D eigenvalue weighted by atomic mass is 9.90. The van der Waals surface area contributed by atoms with Crippen LogP contribution in [0, 0.1) is 5.92 Å². The van der Waals surface area contributed by atoms with Crippen LogP contribution in [-0.4, -0.2) is 17.6 Å². The van der Waals surface area contributed by atoms with Gasteiger partial charge in [-0.05, 0) is 17.5 Å². The first kappa shape index (κ1) is 13.3. The van der Waals surface area contributed by atoms with E-state index in [4.69, 9.17) is 0 Å². The molecule has 0 saturated heterocycles. The van der Waals surface area contributed by atoms with E-state index in [-0.39, 0.29) is 0 Å². The predicted molar refractivity (Wildman–Crippen MR) is 53.3 cm³/mol. The van der Waals surface area contributed by atoms with Crippen LogP contribution in [0.1, 0.15) is 24.1 Å².